The number of aryl methyl sites for hydroxylation is 1. The number of carbonyl (C=O) groups is 1. The van der Waals surface area contributed by atoms with Gasteiger partial charge in [0.15, 0.2) is 0 Å². The lowest BCUT2D eigenvalue weighted by atomic mass is 10.0. The van der Waals surface area contributed by atoms with Gasteiger partial charge >= 0.3 is 5.97 Å². The maximum absolute atomic E-state index is 11.6. The normalized spacial score (nSPS) is 12.5. The van der Waals surface area contributed by atoms with Crippen molar-refractivity contribution in [2.45, 2.75) is 65.7 Å². The van der Waals surface area contributed by atoms with E-state index in [1.165, 1.54) is 43.7 Å². The first-order valence-corrected chi connectivity index (χ1v) is 9.09. The van der Waals surface area contributed by atoms with Crippen LogP contribution in [-0.2, 0) is 16.0 Å². The predicted octanol–water partition coefficient (Wildman–Crippen LogP) is 5.80. The molecule has 1 aromatic carbocycles. The van der Waals surface area contributed by atoms with Gasteiger partial charge in [-0.1, -0.05) is 77.1 Å². The molecule has 0 aliphatic heterocycles. The molecule has 0 amide bonds. The van der Waals surface area contributed by atoms with Crippen LogP contribution >= 0.6 is 0 Å². The molecule has 0 N–H and O–H groups in total. The molecule has 23 heavy (non-hydrogen) atoms. The molecule has 0 fully saturated rings. The zero-order valence-corrected chi connectivity index (χ0v) is 15.0. The number of rotatable bonds is 11. The molecule has 0 radical (unpaired) electrons. The third-order valence-corrected chi connectivity index (χ3v) is 4.17. The Morgan fingerprint density at radius 3 is 2.43 bits per heavy atom. The average molecular weight is 316 g/mol. The van der Waals surface area contributed by atoms with Gasteiger partial charge in [0.2, 0.25) is 0 Å². The van der Waals surface area contributed by atoms with Crippen LogP contribution < -0.4 is 0 Å². The molecule has 2 heteroatoms. The van der Waals surface area contributed by atoms with Gasteiger partial charge in [-0.05, 0) is 36.0 Å². The van der Waals surface area contributed by atoms with Crippen LogP contribution in [0.2, 0.25) is 0 Å². The van der Waals surface area contributed by atoms with E-state index in [1.807, 2.05) is 6.08 Å². The smallest absolute Gasteiger partial charge is 0.330 e. The summed E-state index contributed by atoms with van der Waals surface area (Å²) < 4.78 is 5.20. The van der Waals surface area contributed by atoms with Crippen LogP contribution in [0.25, 0.3) is 6.08 Å². The Kier molecular flexibility index (Phi) is 10.1. The van der Waals surface area contributed by atoms with Gasteiger partial charge in [0.25, 0.3) is 0 Å². The van der Waals surface area contributed by atoms with Gasteiger partial charge in [-0.2, -0.15) is 0 Å². The van der Waals surface area contributed by atoms with E-state index in [0.29, 0.717) is 12.5 Å². The maximum Gasteiger partial charge on any atom is 0.330 e. The Morgan fingerprint density at radius 2 is 1.78 bits per heavy atom. The van der Waals surface area contributed by atoms with Crippen molar-refractivity contribution in [1.29, 1.82) is 0 Å². The highest BCUT2D eigenvalue weighted by Crippen LogP contribution is 2.11. The summed E-state index contributed by atoms with van der Waals surface area (Å²) >= 11 is 0. The van der Waals surface area contributed by atoms with E-state index >= 15 is 0 Å². The quantitative estimate of drug-likeness (QED) is 0.293. The lowest BCUT2D eigenvalue weighted by Crippen LogP contribution is -2.08. The van der Waals surface area contributed by atoms with Crippen molar-refractivity contribution in [1.82, 2.24) is 0 Å². The molecule has 0 aliphatic rings. The van der Waals surface area contributed by atoms with Crippen molar-refractivity contribution in [3.05, 3.63) is 41.5 Å². The van der Waals surface area contributed by atoms with Crippen LogP contribution in [0, 0.1) is 5.92 Å². The zero-order chi connectivity index (χ0) is 16.9. The van der Waals surface area contributed by atoms with E-state index in [4.69, 9.17) is 4.74 Å². The molecule has 1 aromatic rings. The number of unbranched alkanes of at least 4 members (excludes halogenated alkanes) is 4. The van der Waals surface area contributed by atoms with Crippen molar-refractivity contribution in [2.75, 3.05) is 6.61 Å². The number of hydrogen-bond donors (Lipinski definition) is 0. The molecule has 1 unspecified atom stereocenters. The Morgan fingerprint density at radius 1 is 1.09 bits per heavy atom. The molecule has 0 spiro atoms. The number of benzene rings is 1. The predicted molar refractivity (Wildman–Crippen MR) is 98.4 cm³/mol. The fraction of sp³-hybridized carbons (Fsp3) is 0.571. The molecule has 0 saturated heterocycles. The summed E-state index contributed by atoms with van der Waals surface area (Å²) in [4.78, 5) is 11.6. The van der Waals surface area contributed by atoms with Gasteiger partial charge in [-0.15, -0.1) is 0 Å². The van der Waals surface area contributed by atoms with Gasteiger partial charge in [-0.3, -0.25) is 0 Å². The zero-order valence-electron chi connectivity index (χ0n) is 15.0. The molecule has 0 aromatic heterocycles. The largest absolute Gasteiger partial charge is 0.462 e. The summed E-state index contributed by atoms with van der Waals surface area (Å²) in [6.45, 7) is 6.92. The number of esters is 1. The lowest BCUT2D eigenvalue weighted by molar-refractivity contribution is -0.138. The second kappa shape index (κ2) is 11.9. The van der Waals surface area contributed by atoms with Gasteiger partial charge in [0.1, 0.15) is 0 Å². The highest BCUT2D eigenvalue weighted by molar-refractivity contribution is 5.87. The minimum Gasteiger partial charge on any atom is -0.462 e. The second-order valence-electron chi connectivity index (χ2n) is 6.38. The number of ether oxygens (including phenoxy) is 1. The van der Waals surface area contributed by atoms with Crippen LogP contribution in [-0.4, -0.2) is 12.6 Å². The van der Waals surface area contributed by atoms with E-state index < -0.39 is 0 Å². The second-order valence-corrected chi connectivity index (χ2v) is 6.38. The Balaban J connectivity index is 2.32. The molecular formula is C21H32O2. The van der Waals surface area contributed by atoms with Crippen molar-refractivity contribution >= 4 is 12.0 Å². The highest BCUT2D eigenvalue weighted by atomic mass is 16.5. The molecule has 2 nitrogen and oxygen atoms in total. The maximum atomic E-state index is 11.6. The van der Waals surface area contributed by atoms with E-state index in [2.05, 4.69) is 45.0 Å². The highest BCUT2D eigenvalue weighted by Gasteiger charge is 2.02. The van der Waals surface area contributed by atoms with E-state index in [9.17, 15) is 4.79 Å². The SMILES string of the molecule is CCCCCCCc1ccc(/C=C/C(=O)OCC(C)CC)cc1. The van der Waals surface area contributed by atoms with Gasteiger partial charge in [0.05, 0.1) is 6.61 Å². The summed E-state index contributed by atoms with van der Waals surface area (Å²) in [6.07, 6.45) is 12.1. The number of carbonyl (C=O) groups excluding carboxylic acids is 1. The van der Waals surface area contributed by atoms with Crippen molar-refractivity contribution in [3.63, 3.8) is 0 Å². The van der Waals surface area contributed by atoms with Gasteiger partial charge in [0, 0.05) is 6.08 Å². The molecule has 1 rings (SSSR count). The Hall–Kier alpha value is -1.57. The van der Waals surface area contributed by atoms with E-state index in [-0.39, 0.29) is 5.97 Å². The topological polar surface area (TPSA) is 26.3 Å². The summed E-state index contributed by atoms with van der Waals surface area (Å²) in [6, 6.07) is 8.45. The third kappa shape index (κ3) is 9.22. The van der Waals surface area contributed by atoms with Crippen LogP contribution in [0.3, 0.4) is 0 Å². The van der Waals surface area contributed by atoms with Crippen LogP contribution in [0.4, 0.5) is 0 Å². The summed E-state index contributed by atoms with van der Waals surface area (Å²) in [5, 5.41) is 0. The third-order valence-electron chi connectivity index (χ3n) is 4.17. The number of hydrogen-bond acceptors (Lipinski definition) is 2. The van der Waals surface area contributed by atoms with Crippen molar-refractivity contribution in [3.8, 4) is 0 Å². The minimum absolute atomic E-state index is 0.259. The van der Waals surface area contributed by atoms with Crippen molar-refractivity contribution < 1.29 is 9.53 Å². The van der Waals surface area contributed by atoms with Crippen LogP contribution in [0.5, 0.6) is 0 Å². The average Bonchev–Trinajstić information content (AvgIpc) is 2.58. The van der Waals surface area contributed by atoms with Crippen molar-refractivity contribution in [2.24, 2.45) is 5.92 Å². The summed E-state index contributed by atoms with van der Waals surface area (Å²) in [5.74, 6) is 0.161. The van der Waals surface area contributed by atoms with E-state index in [0.717, 1.165) is 18.4 Å². The summed E-state index contributed by atoms with van der Waals surface area (Å²) in [5.41, 5.74) is 2.42. The minimum atomic E-state index is -0.259. The monoisotopic (exact) mass is 316 g/mol. The van der Waals surface area contributed by atoms with Crippen LogP contribution in [0.15, 0.2) is 30.3 Å². The Bertz CT molecular complexity index is 459. The first kappa shape index (κ1) is 19.5. The van der Waals surface area contributed by atoms with Crippen LogP contribution in [0.1, 0.15) is 70.4 Å². The van der Waals surface area contributed by atoms with Gasteiger partial charge < -0.3 is 4.74 Å². The van der Waals surface area contributed by atoms with Gasteiger partial charge in [-0.25, -0.2) is 4.79 Å². The summed E-state index contributed by atoms with van der Waals surface area (Å²) in [7, 11) is 0. The van der Waals surface area contributed by atoms with E-state index in [1.54, 1.807) is 0 Å². The first-order chi connectivity index (χ1) is 11.2. The molecule has 0 bridgehead atoms. The Labute approximate surface area is 141 Å². The molecule has 128 valence electrons. The first-order valence-electron chi connectivity index (χ1n) is 9.09. The molecule has 0 saturated carbocycles. The molecule has 0 heterocycles. The molecular weight excluding hydrogens is 284 g/mol. The molecule has 0 aliphatic carbocycles. The fourth-order valence-electron chi connectivity index (χ4n) is 2.28. The standard InChI is InChI=1S/C21H32O2/c1-4-6-7-8-9-10-19-11-13-20(14-12-19)15-16-21(22)23-17-18(3)5-2/h11-16,18H,4-10,17H2,1-3H3/b16-15+. The fourth-order valence-corrected chi connectivity index (χ4v) is 2.28. The lowest BCUT2D eigenvalue weighted by Gasteiger charge is -2.07. The molecule has 1 atom stereocenters.